The molecule has 0 spiro atoms. The van der Waals surface area contributed by atoms with Gasteiger partial charge in [-0.15, -0.1) is 0 Å². The van der Waals surface area contributed by atoms with Crippen molar-refractivity contribution < 1.29 is 0 Å². The molecule has 2 rings (SSSR count). The molecule has 1 nitrogen and oxygen atoms in total. The van der Waals surface area contributed by atoms with E-state index in [2.05, 4.69) is 10.4 Å². The van der Waals surface area contributed by atoms with E-state index in [0.29, 0.717) is 10.0 Å². The number of benzene rings is 1. The topological polar surface area (TPSA) is 3.24 Å². The number of hydrogen-bond donors (Lipinski definition) is 0. The summed E-state index contributed by atoms with van der Waals surface area (Å²) in [5, 5.41) is 1.19. The highest BCUT2D eigenvalue weighted by atomic mass is 35.5. The fourth-order valence-electron chi connectivity index (χ4n) is 1.09. The molecular weight excluding hydrogens is 225 g/mol. The number of hydrogen-bond acceptors (Lipinski definition) is 2. The highest BCUT2D eigenvalue weighted by Crippen LogP contribution is 2.32. The zero-order chi connectivity index (χ0) is 9.26. The van der Waals surface area contributed by atoms with Gasteiger partial charge in [0.2, 0.25) is 0 Å². The first-order valence-electron chi connectivity index (χ1n) is 3.81. The summed E-state index contributed by atoms with van der Waals surface area (Å²) in [5.41, 5.74) is 1.06. The lowest BCUT2D eigenvalue weighted by Crippen LogP contribution is -2.00. The second-order valence-corrected chi connectivity index (χ2v) is 4.40. The van der Waals surface area contributed by atoms with E-state index < -0.39 is 0 Å². The summed E-state index contributed by atoms with van der Waals surface area (Å²) >= 11 is 13.4. The molecule has 1 aromatic rings. The van der Waals surface area contributed by atoms with Crippen molar-refractivity contribution >= 4 is 40.8 Å². The molecule has 0 N–H and O–H groups in total. The quantitative estimate of drug-likeness (QED) is 0.674. The normalized spacial score (nSPS) is 15.4. The summed E-state index contributed by atoms with van der Waals surface area (Å²) in [5.74, 6) is 1.01. The van der Waals surface area contributed by atoms with Crippen LogP contribution in [0.1, 0.15) is 0 Å². The van der Waals surface area contributed by atoms with Gasteiger partial charge in [0, 0.05) is 12.0 Å². The molecule has 4 heteroatoms. The van der Waals surface area contributed by atoms with Crippen LogP contribution in [0.5, 0.6) is 0 Å². The van der Waals surface area contributed by atoms with E-state index in [1.54, 1.807) is 11.9 Å². The Balaban J connectivity index is 2.30. The second-order valence-electron chi connectivity index (χ2n) is 2.60. The average molecular weight is 232 g/mol. The van der Waals surface area contributed by atoms with E-state index in [-0.39, 0.29) is 0 Å². The van der Waals surface area contributed by atoms with Crippen molar-refractivity contribution in [2.45, 2.75) is 0 Å². The lowest BCUT2D eigenvalue weighted by atomic mass is 10.3. The fourth-order valence-corrected chi connectivity index (χ4v) is 2.15. The highest BCUT2D eigenvalue weighted by Gasteiger charge is 2.09. The van der Waals surface area contributed by atoms with Crippen molar-refractivity contribution in [1.82, 2.24) is 0 Å². The Kier molecular flexibility index (Phi) is 2.72. The van der Waals surface area contributed by atoms with Crippen LogP contribution < -0.4 is 4.31 Å². The number of nitrogens with zero attached hydrogens (tertiary/aromatic N) is 1. The van der Waals surface area contributed by atoms with Crippen molar-refractivity contribution in [2.24, 2.45) is 0 Å². The molecule has 1 aliphatic heterocycles. The van der Waals surface area contributed by atoms with Crippen molar-refractivity contribution in [1.29, 1.82) is 0 Å². The van der Waals surface area contributed by atoms with E-state index in [9.17, 15) is 0 Å². The zero-order valence-electron chi connectivity index (χ0n) is 6.71. The van der Waals surface area contributed by atoms with E-state index in [4.69, 9.17) is 23.2 Å². The molecule has 0 saturated heterocycles. The van der Waals surface area contributed by atoms with Gasteiger partial charge < -0.3 is 0 Å². The van der Waals surface area contributed by atoms with Gasteiger partial charge in [0.15, 0.2) is 0 Å². The van der Waals surface area contributed by atoms with Crippen molar-refractivity contribution in [3.63, 3.8) is 0 Å². The maximum absolute atomic E-state index is 5.90. The van der Waals surface area contributed by atoms with Crippen LogP contribution in [-0.2, 0) is 0 Å². The average Bonchev–Trinajstić information content (AvgIpc) is 2.62. The molecule has 0 atom stereocenters. The molecular formula is C9H7Cl2NS. The molecule has 0 radical (unpaired) electrons. The maximum Gasteiger partial charge on any atom is 0.0613 e. The molecule has 0 unspecified atom stereocenters. The first-order valence-corrected chi connectivity index (χ1v) is 5.51. The summed E-state index contributed by atoms with van der Waals surface area (Å²) in [6, 6.07) is 5.63. The molecule has 0 fully saturated rings. The predicted octanol–water partition coefficient (Wildman–Crippen LogP) is 3.98. The third kappa shape index (κ3) is 1.96. The van der Waals surface area contributed by atoms with Crippen LogP contribution in [0.15, 0.2) is 30.5 Å². The minimum absolute atomic E-state index is 0.596. The summed E-state index contributed by atoms with van der Waals surface area (Å²) in [7, 11) is 0. The molecule has 1 aromatic carbocycles. The number of rotatable bonds is 1. The van der Waals surface area contributed by atoms with E-state index >= 15 is 0 Å². The van der Waals surface area contributed by atoms with Crippen molar-refractivity contribution in [3.8, 4) is 0 Å². The summed E-state index contributed by atoms with van der Waals surface area (Å²) in [6.07, 6.45) is 4.14. The minimum Gasteiger partial charge on any atom is -0.292 e. The Labute approximate surface area is 91.5 Å². The summed E-state index contributed by atoms with van der Waals surface area (Å²) < 4.78 is 2.07. The van der Waals surface area contributed by atoms with Gasteiger partial charge in [0.05, 0.1) is 15.7 Å². The van der Waals surface area contributed by atoms with Crippen molar-refractivity contribution in [3.05, 3.63) is 40.5 Å². The van der Waals surface area contributed by atoms with Gasteiger partial charge >= 0.3 is 0 Å². The molecule has 68 valence electrons. The van der Waals surface area contributed by atoms with Gasteiger partial charge in [-0.3, -0.25) is 4.31 Å². The largest absolute Gasteiger partial charge is 0.292 e. The molecule has 1 heterocycles. The van der Waals surface area contributed by atoms with Gasteiger partial charge in [-0.25, -0.2) is 0 Å². The van der Waals surface area contributed by atoms with Crippen LogP contribution in [-0.4, -0.2) is 5.75 Å². The smallest absolute Gasteiger partial charge is 0.0613 e. The van der Waals surface area contributed by atoms with Crippen LogP contribution in [0, 0.1) is 0 Å². The first kappa shape index (κ1) is 9.25. The van der Waals surface area contributed by atoms with Gasteiger partial charge in [-0.2, -0.15) is 0 Å². The van der Waals surface area contributed by atoms with Crippen LogP contribution in [0.25, 0.3) is 0 Å². The first-order chi connectivity index (χ1) is 6.27. The van der Waals surface area contributed by atoms with Gasteiger partial charge in [-0.05, 0) is 30.1 Å². The Morgan fingerprint density at radius 3 is 2.69 bits per heavy atom. The zero-order valence-corrected chi connectivity index (χ0v) is 9.03. The van der Waals surface area contributed by atoms with Gasteiger partial charge in [-0.1, -0.05) is 29.3 Å². The predicted molar refractivity (Wildman–Crippen MR) is 60.5 cm³/mol. The van der Waals surface area contributed by atoms with Gasteiger partial charge in [0.1, 0.15) is 0 Å². The summed E-state index contributed by atoms with van der Waals surface area (Å²) in [4.78, 5) is 0. The molecule has 0 aliphatic carbocycles. The monoisotopic (exact) mass is 231 g/mol. The van der Waals surface area contributed by atoms with Crippen molar-refractivity contribution in [2.75, 3.05) is 10.1 Å². The molecule has 1 aliphatic rings. The fraction of sp³-hybridized carbons (Fsp3) is 0.111. The van der Waals surface area contributed by atoms with Crippen LogP contribution in [0.2, 0.25) is 10.0 Å². The lowest BCUT2D eigenvalue weighted by molar-refractivity contribution is 1.47. The maximum atomic E-state index is 5.90. The summed E-state index contributed by atoms with van der Waals surface area (Å²) in [6.45, 7) is 0. The number of halogens is 2. The Morgan fingerprint density at radius 2 is 2.08 bits per heavy atom. The Hall–Kier alpha value is -0.310. The van der Waals surface area contributed by atoms with Crippen LogP contribution >= 0.6 is 35.1 Å². The SMILES string of the molecule is Clc1ccc(N2C=CCS2)cc1Cl. The molecule has 0 aromatic heterocycles. The standard InChI is InChI=1S/C9H7Cl2NS/c10-8-3-2-7(6-9(8)11)12-4-1-5-13-12/h1-4,6H,5H2. The molecule has 0 saturated carbocycles. The lowest BCUT2D eigenvalue weighted by Gasteiger charge is -2.14. The van der Waals surface area contributed by atoms with E-state index in [1.807, 2.05) is 24.4 Å². The van der Waals surface area contributed by atoms with E-state index in [1.165, 1.54) is 0 Å². The van der Waals surface area contributed by atoms with Gasteiger partial charge in [0.25, 0.3) is 0 Å². The third-order valence-electron chi connectivity index (χ3n) is 1.71. The second kappa shape index (κ2) is 3.82. The third-order valence-corrected chi connectivity index (χ3v) is 3.40. The van der Waals surface area contributed by atoms with Crippen LogP contribution in [0.4, 0.5) is 5.69 Å². The molecule has 0 bridgehead atoms. The minimum atomic E-state index is 0.596. The Bertz CT molecular complexity index is 351. The van der Waals surface area contributed by atoms with E-state index in [0.717, 1.165) is 11.4 Å². The molecule has 13 heavy (non-hydrogen) atoms. The highest BCUT2D eigenvalue weighted by molar-refractivity contribution is 8.01. The molecule has 0 amide bonds. The van der Waals surface area contributed by atoms with Crippen LogP contribution in [0.3, 0.4) is 0 Å². The number of anilines is 1. The Morgan fingerprint density at radius 1 is 1.23 bits per heavy atom.